The zero-order chi connectivity index (χ0) is 23.5. The molecule has 8 nitrogen and oxygen atoms in total. The van der Waals surface area contributed by atoms with E-state index in [1.807, 2.05) is 45.0 Å². The number of carbonyl (C=O) groups is 1. The number of hydrogen-bond acceptors (Lipinski definition) is 5. The van der Waals surface area contributed by atoms with Crippen molar-refractivity contribution >= 4 is 46.5 Å². The van der Waals surface area contributed by atoms with Crippen LogP contribution < -0.4 is 16.2 Å². The Bertz CT molecular complexity index is 1360. The molecule has 0 radical (unpaired) electrons. The quantitative estimate of drug-likeness (QED) is 0.360. The molecule has 10 heteroatoms. The molecule has 4 rings (SSSR count). The molecule has 2 N–H and O–H groups in total. The number of aromatic nitrogens is 4. The molecule has 0 bridgehead atoms. The number of benzene rings is 2. The number of halogens is 1. The molecule has 0 saturated heterocycles. The van der Waals surface area contributed by atoms with E-state index in [0.717, 1.165) is 10.5 Å². The minimum Gasteiger partial charge on any atom is -0.308 e. The summed E-state index contributed by atoms with van der Waals surface area (Å²) >= 11 is 7.65. The molecule has 2 heterocycles. The summed E-state index contributed by atoms with van der Waals surface area (Å²) < 4.78 is 3.24. The van der Waals surface area contributed by atoms with Gasteiger partial charge in [-0.25, -0.2) is 9.78 Å². The normalized spacial score (nSPS) is 11.2. The van der Waals surface area contributed by atoms with Crippen LogP contribution in [-0.2, 0) is 5.75 Å². The largest absolute Gasteiger partial charge is 0.323 e. The third-order valence-electron chi connectivity index (χ3n) is 5.00. The van der Waals surface area contributed by atoms with Crippen LogP contribution in [0.5, 0.6) is 0 Å². The molecule has 0 unspecified atom stereocenters. The Morgan fingerprint density at radius 3 is 2.64 bits per heavy atom. The van der Waals surface area contributed by atoms with Gasteiger partial charge >= 0.3 is 6.03 Å². The highest BCUT2D eigenvalue weighted by Gasteiger charge is 2.11. The van der Waals surface area contributed by atoms with E-state index in [1.165, 1.54) is 4.52 Å². The molecule has 0 atom stereocenters. The highest BCUT2D eigenvalue weighted by molar-refractivity contribution is 7.98. The highest BCUT2D eigenvalue weighted by Crippen LogP contribution is 2.25. The predicted molar refractivity (Wildman–Crippen MR) is 132 cm³/mol. The first-order valence-corrected chi connectivity index (χ1v) is 11.7. The van der Waals surface area contributed by atoms with Crippen molar-refractivity contribution in [3.05, 3.63) is 81.5 Å². The zero-order valence-corrected chi connectivity index (χ0v) is 19.9. The maximum Gasteiger partial charge on any atom is 0.323 e. The smallest absolute Gasteiger partial charge is 0.308 e. The van der Waals surface area contributed by atoms with Crippen LogP contribution in [0.2, 0.25) is 5.02 Å². The molecule has 2 aromatic carbocycles. The number of nitrogens with one attached hydrogen (secondary N) is 2. The number of urea groups is 1. The summed E-state index contributed by atoms with van der Waals surface area (Å²) in [6, 6.07) is 14.1. The standard InChI is InChI=1S/C23H23ClN6O2S/c1-14(2)29-13-25-22-26-17(11-21(31)30(22)29)12-33-18-9-7-16(8-10-18)27-23(32)28-20-6-4-5-19(24)15(20)3/h4-11,13-14H,12H2,1-3H3,(H2,27,28,32). The number of fused-ring (bicyclic) bond motifs is 1. The van der Waals surface area contributed by atoms with Crippen molar-refractivity contribution in [2.45, 2.75) is 37.5 Å². The van der Waals surface area contributed by atoms with Gasteiger partial charge in [-0.05, 0) is 62.7 Å². The van der Waals surface area contributed by atoms with Gasteiger partial charge in [-0.15, -0.1) is 11.8 Å². The molecule has 2 aromatic heterocycles. The molecule has 0 saturated carbocycles. The molecule has 4 aromatic rings. The third kappa shape index (κ3) is 5.20. The molecule has 170 valence electrons. The van der Waals surface area contributed by atoms with Crippen LogP contribution in [0.3, 0.4) is 0 Å². The van der Waals surface area contributed by atoms with Crippen molar-refractivity contribution in [1.29, 1.82) is 0 Å². The average Bonchev–Trinajstić information content (AvgIpc) is 3.21. The average molecular weight is 483 g/mol. The van der Waals surface area contributed by atoms with Crippen molar-refractivity contribution in [2.75, 3.05) is 10.6 Å². The van der Waals surface area contributed by atoms with Crippen LogP contribution in [0, 0.1) is 6.92 Å². The summed E-state index contributed by atoms with van der Waals surface area (Å²) in [4.78, 5) is 34.6. The lowest BCUT2D eigenvalue weighted by molar-refractivity contribution is 0.262. The number of rotatable bonds is 6. The van der Waals surface area contributed by atoms with Crippen molar-refractivity contribution in [3.8, 4) is 0 Å². The summed E-state index contributed by atoms with van der Waals surface area (Å²) in [5.74, 6) is 0.925. The molecule has 0 fully saturated rings. The van der Waals surface area contributed by atoms with Gasteiger partial charge in [0.2, 0.25) is 0 Å². The van der Waals surface area contributed by atoms with E-state index >= 15 is 0 Å². The van der Waals surface area contributed by atoms with Crippen molar-refractivity contribution in [2.24, 2.45) is 0 Å². The maximum absolute atomic E-state index is 12.5. The van der Waals surface area contributed by atoms with Crippen molar-refractivity contribution < 1.29 is 4.79 Å². The Balaban J connectivity index is 1.37. The lowest BCUT2D eigenvalue weighted by Gasteiger charge is -2.11. The Morgan fingerprint density at radius 1 is 1.15 bits per heavy atom. The highest BCUT2D eigenvalue weighted by atomic mass is 35.5. The fourth-order valence-corrected chi connectivity index (χ4v) is 4.20. The monoisotopic (exact) mass is 482 g/mol. The van der Waals surface area contributed by atoms with Crippen LogP contribution in [0.1, 0.15) is 31.1 Å². The van der Waals surface area contributed by atoms with E-state index in [2.05, 4.69) is 20.6 Å². The number of nitrogens with zero attached hydrogens (tertiary/aromatic N) is 4. The number of anilines is 2. The summed E-state index contributed by atoms with van der Waals surface area (Å²) in [7, 11) is 0. The number of hydrogen-bond donors (Lipinski definition) is 2. The molecule has 33 heavy (non-hydrogen) atoms. The second-order valence-electron chi connectivity index (χ2n) is 7.72. The minimum absolute atomic E-state index is 0.110. The van der Waals surface area contributed by atoms with Gasteiger partial charge in [-0.2, -0.15) is 9.50 Å². The topological polar surface area (TPSA) is 93.3 Å². The van der Waals surface area contributed by atoms with Crippen LogP contribution in [0.4, 0.5) is 16.2 Å². The van der Waals surface area contributed by atoms with Crippen LogP contribution in [0.25, 0.3) is 5.78 Å². The fourth-order valence-electron chi connectivity index (χ4n) is 3.23. The Labute approximate surface area is 200 Å². The van der Waals surface area contributed by atoms with Gasteiger partial charge in [0.25, 0.3) is 11.3 Å². The molecule has 0 aliphatic rings. The molecule has 0 spiro atoms. The molecular formula is C23H23ClN6O2S. The van der Waals surface area contributed by atoms with Crippen LogP contribution in [0.15, 0.2) is 64.5 Å². The van der Waals surface area contributed by atoms with E-state index < -0.39 is 0 Å². The van der Waals surface area contributed by atoms with E-state index in [9.17, 15) is 9.59 Å². The first-order valence-electron chi connectivity index (χ1n) is 10.3. The van der Waals surface area contributed by atoms with Gasteiger partial charge in [0.15, 0.2) is 0 Å². The van der Waals surface area contributed by atoms with Gasteiger partial charge in [0.05, 0.1) is 5.69 Å². The second kappa shape index (κ2) is 9.68. The minimum atomic E-state index is -0.348. The zero-order valence-electron chi connectivity index (χ0n) is 18.4. The molecule has 0 aliphatic heterocycles. The van der Waals surface area contributed by atoms with Gasteiger partial charge in [-0.1, -0.05) is 17.7 Å². The lowest BCUT2D eigenvalue weighted by atomic mass is 10.2. The molecule has 2 amide bonds. The fraction of sp³-hybridized carbons (Fsp3) is 0.217. The third-order valence-corrected chi connectivity index (χ3v) is 6.45. The van der Waals surface area contributed by atoms with Crippen molar-refractivity contribution in [3.63, 3.8) is 0 Å². The Morgan fingerprint density at radius 2 is 1.91 bits per heavy atom. The summed E-state index contributed by atoms with van der Waals surface area (Å²) in [5.41, 5.74) is 2.64. The summed E-state index contributed by atoms with van der Waals surface area (Å²) in [6.07, 6.45) is 1.63. The van der Waals surface area contributed by atoms with Gasteiger partial charge < -0.3 is 10.6 Å². The molecule has 0 aliphatic carbocycles. The second-order valence-corrected chi connectivity index (χ2v) is 9.18. The molecular weight excluding hydrogens is 460 g/mol. The maximum atomic E-state index is 12.5. The van der Waals surface area contributed by atoms with Gasteiger partial charge in [0, 0.05) is 39.2 Å². The van der Waals surface area contributed by atoms with Gasteiger partial charge in [-0.3, -0.25) is 9.48 Å². The summed E-state index contributed by atoms with van der Waals surface area (Å²) in [5, 5.41) is 6.21. The summed E-state index contributed by atoms with van der Waals surface area (Å²) in [6.45, 7) is 5.82. The lowest BCUT2D eigenvalue weighted by Crippen LogP contribution is -2.22. The Hall–Kier alpha value is -3.30. The van der Waals surface area contributed by atoms with E-state index in [4.69, 9.17) is 11.6 Å². The van der Waals surface area contributed by atoms with Crippen molar-refractivity contribution in [1.82, 2.24) is 19.2 Å². The Kier molecular flexibility index (Phi) is 6.71. The predicted octanol–water partition coefficient (Wildman–Crippen LogP) is 5.37. The van der Waals surface area contributed by atoms with E-state index in [-0.39, 0.29) is 17.6 Å². The first-order chi connectivity index (χ1) is 15.8. The van der Waals surface area contributed by atoms with E-state index in [1.54, 1.807) is 47.0 Å². The number of carbonyl (C=O) groups excluding carboxylic acids is 1. The number of thioether (sulfide) groups is 1. The van der Waals surface area contributed by atoms with Gasteiger partial charge in [0.1, 0.15) is 6.33 Å². The van der Waals surface area contributed by atoms with E-state index in [0.29, 0.717) is 33.6 Å². The number of amides is 2. The van der Waals surface area contributed by atoms with Crippen LogP contribution in [-0.4, -0.2) is 25.2 Å². The SMILES string of the molecule is Cc1c(Cl)cccc1NC(=O)Nc1ccc(SCc2cc(=O)n3c(ncn3C(C)C)n2)cc1. The van der Waals surface area contributed by atoms with Crippen LogP contribution >= 0.6 is 23.4 Å². The first kappa shape index (κ1) is 22.9.